The highest BCUT2D eigenvalue weighted by molar-refractivity contribution is 6.03. The number of carbonyl (C=O) groups is 1. The van der Waals surface area contributed by atoms with Gasteiger partial charge in [0.15, 0.2) is 0 Å². The summed E-state index contributed by atoms with van der Waals surface area (Å²) in [4.78, 5) is 52.8. The summed E-state index contributed by atoms with van der Waals surface area (Å²) in [6, 6.07) is 30.6. The number of pyridine rings is 2. The van der Waals surface area contributed by atoms with E-state index >= 15 is 0 Å². The van der Waals surface area contributed by atoms with Crippen LogP contribution in [0, 0.1) is 20.8 Å². The number of hydrogen-bond donors (Lipinski definition) is 0. The van der Waals surface area contributed by atoms with Crippen molar-refractivity contribution in [2.24, 2.45) is 14.1 Å². The lowest BCUT2D eigenvalue weighted by Crippen LogP contribution is -2.35. The van der Waals surface area contributed by atoms with Gasteiger partial charge in [-0.05, 0) is 107 Å². The van der Waals surface area contributed by atoms with Crippen molar-refractivity contribution in [2.45, 2.75) is 72.6 Å². The third-order valence-corrected chi connectivity index (χ3v) is 13.7. The van der Waals surface area contributed by atoms with E-state index in [0.29, 0.717) is 29.1 Å². The molecule has 9 aromatic rings. The second-order valence-corrected chi connectivity index (χ2v) is 18.2. The van der Waals surface area contributed by atoms with Crippen molar-refractivity contribution >= 4 is 38.9 Å². The Morgan fingerprint density at radius 3 is 1.94 bits per heavy atom. The Morgan fingerprint density at radius 1 is 0.641 bits per heavy atom. The van der Waals surface area contributed by atoms with Gasteiger partial charge in [-0.3, -0.25) is 19.1 Å². The van der Waals surface area contributed by atoms with Crippen LogP contribution in [0.5, 0.6) is 0 Å². The van der Waals surface area contributed by atoms with E-state index < -0.39 is 5.54 Å². The highest BCUT2D eigenvalue weighted by Gasteiger charge is 2.41. The number of benzene rings is 4. The molecular formula is C52H51N9O3. The third kappa shape index (κ3) is 6.25. The monoisotopic (exact) mass is 849 g/mol. The minimum atomic E-state index is -0.496. The normalized spacial score (nSPS) is 14.6. The third-order valence-electron chi connectivity index (χ3n) is 13.7. The first kappa shape index (κ1) is 40.7. The van der Waals surface area contributed by atoms with Crippen molar-refractivity contribution in [3.63, 3.8) is 0 Å². The predicted molar refractivity (Wildman–Crippen MR) is 253 cm³/mol. The van der Waals surface area contributed by atoms with Gasteiger partial charge in [-0.1, -0.05) is 54.6 Å². The van der Waals surface area contributed by atoms with Gasteiger partial charge >= 0.3 is 0 Å². The first-order chi connectivity index (χ1) is 30.5. The molecule has 0 spiro atoms. The summed E-state index contributed by atoms with van der Waals surface area (Å²) in [5.41, 5.74) is 12.3. The van der Waals surface area contributed by atoms with Gasteiger partial charge in [0.2, 0.25) is 0 Å². The summed E-state index contributed by atoms with van der Waals surface area (Å²) < 4.78 is 9.74. The lowest BCUT2D eigenvalue weighted by atomic mass is 9.93. The SMILES string of the molecule is Cc1cc(-c2nc3cc4c(cc3n2C(C)c2cccc(Cn3cc(-c5nc6cc7c(C)nn(C)c7cc6n5C(C)c5ccccc5)cc(C)c3=O)c2)C(=O)N(C)C4(C)C)cn(C)c1=O. The number of rotatable bonds is 8. The van der Waals surface area contributed by atoms with Gasteiger partial charge in [0.25, 0.3) is 17.0 Å². The molecule has 322 valence electrons. The van der Waals surface area contributed by atoms with E-state index in [1.807, 2.05) is 94.4 Å². The van der Waals surface area contributed by atoms with E-state index in [1.165, 1.54) is 0 Å². The van der Waals surface area contributed by atoms with E-state index in [-0.39, 0.29) is 29.1 Å². The molecule has 12 nitrogen and oxygen atoms in total. The Morgan fingerprint density at radius 2 is 1.25 bits per heavy atom. The number of carbonyl (C=O) groups excluding carboxylic acids is 1. The average Bonchev–Trinajstić information content (AvgIpc) is 3.98. The van der Waals surface area contributed by atoms with E-state index in [9.17, 15) is 14.4 Å². The van der Waals surface area contributed by atoms with Crippen molar-refractivity contribution < 1.29 is 4.79 Å². The molecule has 12 heteroatoms. The van der Waals surface area contributed by atoms with Crippen molar-refractivity contribution in [1.29, 1.82) is 0 Å². The quantitative estimate of drug-likeness (QED) is 0.151. The lowest BCUT2D eigenvalue weighted by molar-refractivity contribution is 0.0691. The maximum absolute atomic E-state index is 14.0. The number of fused-ring (bicyclic) bond motifs is 4. The standard InChI is InChI=1S/C52H51N9O3/c1-29-19-37(27-56(8)49(29)62)47-54-43-24-41-40(51(64)57(9)52(41,6)7)23-45(43)61(47)33(5)36-18-14-15-34(21-36)26-59-28-38(20-30(2)50(59)63)48-53-42-22-39-31(3)55-58(10)44(39)25-46(42)60(48)32(4)35-16-12-11-13-17-35/h11-25,27-28,32-33H,26H2,1-10H3. The minimum Gasteiger partial charge on any atom is -0.332 e. The molecule has 0 radical (unpaired) electrons. The summed E-state index contributed by atoms with van der Waals surface area (Å²) in [5, 5.41) is 5.74. The smallest absolute Gasteiger partial charge is 0.254 e. The van der Waals surface area contributed by atoms with Crippen LogP contribution in [0.25, 0.3) is 55.7 Å². The average molecular weight is 850 g/mol. The Bertz CT molecular complexity index is 3500. The van der Waals surface area contributed by atoms with Crippen molar-refractivity contribution in [3.05, 3.63) is 169 Å². The maximum Gasteiger partial charge on any atom is 0.254 e. The molecular weight excluding hydrogens is 799 g/mol. The fraction of sp³-hybridized carbons (Fsp3) is 0.269. The number of aryl methyl sites for hydroxylation is 5. The van der Waals surface area contributed by atoms with Crippen LogP contribution in [0.4, 0.5) is 0 Å². The molecule has 0 N–H and O–H groups in total. The van der Waals surface area contributed by atoms with Gasteiger partial charge in [0.05, 0.1) is 57.4 Å². The number of amides is 1. The molecule has 0 saturated carbocycles. The summed E-state index contributed by atoms with van der Waals surface area (Å²) >= 11 is 0. The van der Waals surface area contributed by atoms with Crippen molar-refractivity contribution in [3.8, 4) is 22.8 Å². The topological polar surface area (TPSA) is 118 Å². The van der Waals surface area contributed by atoms with Gasteiger partial charge in [0, 0.05) is 66.7 Å². The molecule has 64 heavy (non-hydrogen) atoms. The molecule has 10 rings (SSSR count). The van der Waals surface area contributed by atoms with Gasteiger partial charge in [-0.25, -0.2) is 9.97 Å². The second kappa shape index (κ2) is 14.6. The highest BCUT2D eigenvalue weighted by Crippen LogP contribution is 2.42. The summed E-state index contributed by atoms with van der Waals surface area (Å²) in [6.45, 7) is 14.4. The fourth-order valence-electron chi connectivity index (χ4n) is 9.85. The van der Waals surface area contributed by atoms with Gasteiger partial charge in [-0.15, -0.1) is 0 Å². The molecule has 2 unspecified atom stereocenters. The van der Waals surface area contributed by atoms with Gasteiger partial charge in [-0.2, -0.15) is 5.10 Å². The molecule has 0 fully saturated rings. The minimum absolute atomic E-state index is 0.0299. The molecule has 0 bridgehead atoms. The molecule has 0 aliphatic carbocycles. The Hall–Kier alpha value is -7.34. The van der Waals surface area contributed by atoms with E-state index in [1.54, 1.807) is 21.1 Å². The number of aromatic nitrogens is 8. The van der Waals surface area contributed by atoms with Crippen LogP contribution in [0.2, 0.25) is 0 Å². The fourth-order valence-corrected chi connectivity index (χ4v) is 9.85. The summed E-state index contributed by atoms with van der Waals surface area (Å²) in [7, 11) is 5.56. The first-order valence-corrected chi connectivity index (χ1v) is 21.7. The van der Waals surface area contributed by atoms with Crippen LogP contribution in [-0.2, 0) is 26.2 Å². The number of imidazole rings is 2. The molecule has 6 heterocycles. The van der Waals surface area contributed by atoms with Crippen molar-refractivity contribution in [2.75, 3.05) is 7.05 Å². The van der Waals surface area contributed by atoms with E-state index in [4.69, 9.17) is 9.97 Å². The van der Waals surface area contributed by atoms with Crippen molar-refractivity contribution in [1.82, 2.24) is 42.9 Å². The molecule has 5 aromatic heterocycles. The largest absolute Gasteiger partial charge is 0.332 e. The maximum atomic E-state index is 14.0. The highest BCUT2D eigenvalue weighted by atomic mass is 16.2. The molecule has 1 amide bonds. The van der Waals surface area contributed by atoms with Gasteiger partial charge in [0.1, 0.15) is 11.6 Å². The van der Waals surface area contributed by atoms with Crippen LogP contribution >= 0.6 is 0 Å². The zero-order chi connectivity index (χ0) is 45.1. The predicted octanol–water partition coefficient (Wildman–Crippen LogP) is 8.98. The summed E-state index contributed by atoms with van der Waals surface area (Å²) in [6.07, 6.45) is 3.76. The summed E-state index contributed by atoms with van der Waals surface area (Å²) in [5.74, 6) is 1.44. The van der Waals surface area contributed by atoms with Gasteiger partial charge < -0.3 is 23.2 Å². The van der Waals surface area contributed by atoms with E-state index in [0.717, 1.165) is 77.9 Å². The Balaban J connectivity index is 1.08. The zero-order valence-corrected chi connectivity index (χ0v) is 37.9. The molecule has 4 aromatic carbocycles. The van der Waals surface area contributed by atoms with Crippen LogP contribution in [0.3, 0.4) is 0 Å². The lowest BCUT2D eigenvalue weighted by Gasteiger charge is -2.28. The number of nitrogens with zero attached hydrogens (tertiary/aromatic N) is 9. The Kier molecular flexibility index (Phi) is 9.30. The molecule has 1 aliphatic heterocycles. The molecule has 2 atom stereocenters. The van der Waals surface area contributed by atoms with Crippen LogP contribution in [-0.4, -0.2) is 55.9 Å². The second-order valence-electron chi connectivity index (χ2n) is 18.2. The van der Waals surface area contributed by atoms with Crippen LogP contribution in [0.1, 0.15) is 89.2 Å². The van der Waals surface area contributed by atoms with Crippen LogP contribution in [0.15, 0.2) is 113 Å². The number of hydrogen-bond acceptors (Lipinski definition) is 6. The van der Waals surface area contributed by atoms with Crippen LogP contribution < -0.4 is 11.1 Å². The zero-order valence-electron chi connectivity index (χ0n) is 37.9. The Labute approximate surface area is 370 Å². The molecule has 1 aliphatic rings. The first-order valence-electron chi connectivity index (χ1n) is 21.7. The van der Waals surface area contributed by atoms with E-state index in [2.05, 4.69) is 90.5 Å². The molecule has 0 saturated heterocycles.